The fraction of sp³-hybridized carbons (Fsp3) is 0.233. The Balaban J connectivity index is 1.28. The average Bonchev–Trinajstić information content (AvgIpc) is 3.52. The summed E-state index contributed by atoms with van der Waals surface area (Å²) in [6.45, 7) is 1.47. The number of esters is 1. The lowest BCUT2D eigenvalue weighted by atomic mass is 10.0. The molecule has 2 aromatic carbocycles. The van der Waals surface area contributed by atoms with E-state index in [1.165, 1.54) is 13.2 Å². The molecule has 1 fully saturated rings. The average molecular weight is 641 g/mol. The lowest BCUT2D eigenvalue weighted by molar-refractivity contribution is -0.0589. The number of halogens is 3. The van der Waals surface area contributed by atoms with E-state index < -0.39 is 17.6 Å². The van der Waals surface area contributed by atoms with Gasteiger partial charge in [0.25, 0.3) is 0 Å². The van der Waals surface area contributed by atoms with E-state index in [2.05, 4.69) is 20.9 Å². The Morgan fingerprint density at radius 3 is 2.71 bits per heavy atom. The zero-order valence-electron chi connectivity index (χ0n) is 21.9. The second-order valence-corrected chi connectivity index (χ2v) is 12.1. The molecular formula is C30H24BrF2N3O4S. The van der Waals surface area contributed by atoms with E-state index in [0.717, 1.165) is 21.2 Å². The van der Waals surface area contributed by atoms with E-state index in [4.69, 9.17) is 19.2 Å². The molecule has 0 N–H and O–H groups in total. The molecule has 1 atom stereocenters. The number of benzene rings is 2. The van der Waals surface area contributed by atoms with Crippen molar-refractivity contribution in [2.45, 2.75) is 32.1 Å². The Morgan fingerprint density at radius 2 is 1.98 bits per heavy atom. The molecule has 4 heterocycles. The molecule has 5 aromatic rings. The van der Waals surface area contributed by atoms with Crippen LogP contribution in [0.1, 0.15) is 33.0 Å². The number of ether oxygens (including phenoxy) is 3. The summed E-state index contributed by atoms with van der Waals surface area (Å²) in [5, 5.41) is 0. The molecule has 210 valence electrons. The largest absolute Gasteiger partial charge is 0.472 e. The predicted molar refractivity (Wildman–Crippen MR) is 154 cm³/mol. The molecule has 0 radical (unpaired) electrons. The zero-order valence-corrected chi connectivity index (χ0v) is 24.3. The molecule has 1 saturated heterocycles. The van der Waals surface area contributed by atoms with Crippen molar-refractivity contribution in [3.8, 4) is 17.1 Å². The van der Waals surface area contributed by atoms with Gasteiger partial charge in [0.2, 0.25) is 5.88 Å². The van der Waals surface area contributed by atoms with Crippen molar-refractivity contribution in [2.24, 2.45) is 0 Å². The fourth-order valence-corrected chi connectivity index (χ4v) is 6.09. The lowest BCUT2D eigenvalue weighted by Gasteiger charge is -2.27. The molecule has 0 spiro atoms. The van der Waals surface area contributed by atoms with Crippen LogP contribution in [0.3, 0.4) is 0 Å². The Hall–Kier alpha value is -3.67. The smallest absolute Gasteiger partial charge is 0.337 e. The Bertz CT molecular complexity index is 1750. The van der Waals surface area contributed by atoms with Gasteiger partial charge >= 0.3 is 5.97 Å². The van der Waals surface area contributed by atoms with Gasteiger partial charge in [0, 0.05) is 29.5 Å². The van der Waals surface area contributed by atoms with Gasteiger partial charge in [-0.2, -0.15) is 0 Å². The SMILES string of the molecule is COC(=O)c1ccc2nc(Cc3cc(F)c(-c4cccc(OCc5ccc(Br)s5)n4)cc3F)n(C[C@@H]3CCO3)c2c1. The summed E-state index contributed by atoms with van der Waals surface area (Å²) in [6, 6.07) is 16.3. The van der Waals surface area contributed by atoms with Crippen molar-refractivity contribution >= 4 is 44.3 Å². The maximum atomic E-state index is 15.5. The molecule has 7 nitrogen and oxygen atoms in total. The highest BCUT2D eigenvalue weighted by molar-refractivity contribution is 9.11. The van der Waals surface area contributed by atoms with Crippen LogP contribution in [0.25, 0.3) is 22.3 Å². The van der Waals surface area contributed by atoms with Crippen LogP contribution in [0, 0.1) is 11.6 Å². The predicted octanol–water partition coefficient (Wildman–Crippen LogP) is 6.95. The first-order valence-corrected chi connectivity index (χ1v) is 14.5. The molecule has 0 amide bonds. The quantitative estimate of drug-likeness (QED) is 0.163. The third-order valence-corrected chi connectivity index (χ3v) is 8.50. The number of methoxy groups -OCH3 is 1. The van der Waals surface area contributed by atoms with Crippen molar-refractivity contribution in [1.82, 2.24) is 14.5 Å². The van der Waals surface area contributed by atoms with Gasteiger partial charge in [-0.25, -0.2) is 23.5 Å². The molecule has 0 bridgehead atoms. The molecule has 1 aliphatic heterocycles. The number of imidazole rings is 1. The number of hydrogen-bond donors (Lipinski definition) is 0. The highest BCUT2D eigenvalue weighted by Crippen LogP contribution is 2.29. The topological polar surface area (TPSA) is 75.5 Å². The third-order valence-electron chi connectivity index (χ3n) is 6.90. The van der Waals surface area contributed by atoms with E-state index >= 15 is 8.78 Å². The number of thiophene rings is 1. The van der Waals surface area contributed by atoms with Gasteiger partial charge in [0.05, 0.1) is 45.8 Å². The van der Waals surface area contributed by atoms with Crippen LogP contribution < -0.4 is 4.74 Å². The summed E-state index contributed by atoms with van der Waals surface area (Å²) in [5.41, 5.74) is 2.18. The first-order valence-electron chi connectivity index (χ1n) is 12.9. The molecule has 0 aliphatic carbocycles. The van der Waals surface area contributed by atoms with Crippen LogP contribution >= 0.6 is 27.3 Å². The first kappa shape index (κ1) is 27.5. The maximum Gasteiger partial charge on any atom is 0.337 e. The number of pyridine rings is 1. The molecule has 11 heteroatoms. The second-order valence-electron chi connectivity index (χ2n) is 9.57. The van der Waals surface area contributed by atoms with Crippen molar-refractivity contribution in [3.05, 3.63) is 97.9 Å². The normalized spacial score (nSPS) is 14.7. The number of fused-ring (bicyclic) bond motifs is 1. The van der Waals surface area contributed by atoms with Gasteiger partial charge in [0.15, 0.2) is 0 Å². The van der Waals surface area contributed by atoms with E-state index in [9.17, 15) is 4.79 Å². The van der Waals surface area contributed by atoms with Crippen molar-refractivity contribution < 1.29 is 27.8 Å². The Kier molecular flexibility index (Phi) is 7.83. The van der Waals surface area contributed by atoms with Crippen LogP contribution in [-0.2, 0) is 29.0 Å². The number of carbonyl (C=O) groups excluding carboxylic acids is 1. The van der Waals surface area contributed by atoms with E-state index in [1.807, 2.05) is 16.7 Å². The van der Waals surface area contributed by atoms with Crippen molar-refractivity contribution in [3.63, 3.8) is 0 Å². The minimum atomic E-state index is -0.605. The zero-order chi connectivity index (χ0) is 28.5. The Labute approximate surface area is 246 Å². The summed E-state index contributed by atoms with van der Waals surface area (Å²) in [6.07, 6.45) is 0.915. The summed E-state index contributed by atoms with van der Waals surface area (Å²) in [5.74, 6) is -0.795. The molecule has 3 aromatic heterocycles. The molecule has 0 unspecified atom stereocenters. The van der Waals surface area contributed by atoms with Crippen LogP contribution in [0.4, 0.5) is 8.78 Å². The highest BCUT2D eigenvalue weighted by atomic mass is 79.9. The second kappa shape index (κ2) is 11.7. The Morgan fingerprint density at radius 1 is 1.12 bits per heavy atom. The minimum Gasteiger partial charge on any atom is -0.472 e. The van der Waals surface area contributed by atoms with Gasteiger partial charge in [0.1, 0.15) is 24.1 Å². The van der Waals surface area contributed by atoms with E-state index in [1.54, 1.807) is 47.7 Å². The summed E-state index contributed by atoms with van der Waals surface area (Å²) in [4.78, 5) is 22.2. The van der Waals surface area contributed by atoms with Gasteiger partial charge in [-0.15, -0.1) is 11.3 Å². The number of aromatic nitrogens is 3. The van der Waals surface area contributed by atoms with Crippen molar-refractivity contribution in [1.29, 1.82) is 0 Å². The number of carbonyl (C=O) groups is 1. The minimum absolute atomic E-state index is 0.0150. The summed E-state index contributed by atoms with van der Waals surface area (Å²) >= 11 is 4.97. The highest BCUT2D eigenvalue weighted by Gasteiger charge is 2.24. The molecular weight excluding hydrogens is 616 g/mol. The lowest BCUT2D eigenvalue weighted by Crippen LogP contribution is -2.31. The monoisotopic (exact) mass is 639 g/mol. The number of rotatable bonds is 9. The van der Waals surface area contributed by atoms with Crippen LogP contribution in [0.5, 0.6) is 5.88 Å². The van der Waals surface area contributed by atoms with E-state index in [-0.39, 0.29) is 29.3 Å². The summed E-state index contributed by atoms with van der Waals surface area (Å²) in [7, 11) is 1.32. The van der Waals surface area contributed by atoms with Gasteiger partial charge in [-0.3, -0.25) is 0 Å². The van der Waals surface area contributed by atoms with Gasteiger partial charge in [-0.05, 0) is 76.4 Å². The molecule has 1 aliphatic rings. The molecule has 41 heavy (non-hydrogen) atoms. The number of hydrogen-bond acceptors (Lipinski definition) is 7. The van der Waals surface area contributed by atoms with Crippen LogP contribution in [0.15, 0.2) is 64.5 Å². The first-order chi connectivity index (χ1) is 19.9. The maximum absolute atomic E-state index is 15.5. The molecule has 0 saturated carbocycles. The van der Waals surface area contributed by atoms with E-state index in [0.29, 0.717) is 48.1 Å². The molecule has 6 rings (SSSR count). The summed E-state index contributed by atoms with van der Waals surface area (Å²) < 4.78 is 50.0. The number of nitrogens with zero attached hydrogens (tertiary/aromatic N) is 3. The van der Waals surface area contributed by atoms with Gasteiger partial charge in [-0.1, -0.05) is 6.07 Å². The van der Waals surface area contributed by atoms with Crippen molar-refractivity contribution in [2.75, 3.05) is 13.7 Å². The van der Waals surface area contributed by atoms with Crippen LogP contribution in [0.2, 0.25) is 0 Å². The van der Waals surface area contributed by atoms with Gasteiger partial charge < -0.3 is 18.8 Å². The third kappa shape index (κ3) is 5.88. The van der Waals surface area contributed by atoms with Crippen LogP contribution in [-0.4, -0.2) is 40.3 Å². The standard InChI is InChI=1S/C30H24BrF2N3O4S/c1-38-30(37)17-5-7-25-26(12-17)36(15-19-9-10-39-19)28(34-25)13-18-11-23(33)21(14-22(18)32)24-3-2-4-29(35-24)40-16-20-6-8-27(31)41-20/h2-8,11-12,14,19H,9-10,13,15-16H2,1H3/t19-/m0/s1. The fourth-order valence-electron chi connectivity index (χ4n) is 4.70.